The van der Waals surface area contributed by atoms with Crippen molar-refractivity contribution in [1.29, 1.82) is 0 Å². The van der Waals surface area contributed by atoms with E-state index in [0.717, 1.165) is 11.1 Å². The molecule has 0 saturated carbocycles. The summed E-state index contributed by atoms with van der Waals surface area (Å²) in [6.45, 7) is 2.41. The largest absolute Gasteiger partial charge is 0.489 e. The summed E-state index contributed by atoms with van der Waals surface area (Å²) in [7, 11) is 0. The Morgan fingerprint density at radius 2 is 2.00 bits per heavy atom. The summed E-state index contributed by atoms with van der Waals surface area (Å²) in [5.74, 6) is 0.404. The van der Waals surface area contributed by atoms with E-state index in [4.69, 9.17) is 22.1 Å². The highest BCUT2D eigenvalue weighted by atomic mass is 35.5. The van der Waals surface area contributed by atoms with Crippen LogP contribution in [-0.2, 0) is 13.2 Å². The van der Waals surface area contributed by atoms with Crippen molar-refractivity contribution in [3.05, 3.63) is 63.9 Å². The zero-order chi connectivity index (χ0) is 13.8. The SMILES string of the molecule is Cc1cc(Cl)ccc1OCc1ccc(CN)cc1F. The molecule has 0 aromatic heterocycles. The monoisotopic (exact) mass is 279 g/mol. The van der Waals surface area contributed by atoms with Crippen LogP contribution in [0.4, 0.5) is 4.39 Å². The number of hydrogen-bond donors (Lipinski definition) is 1. The second-order valence-corrected chi connectivity index (χ2v) is 4.76. The highest BCUT2D eigenvalue weighted by molar-refractivity contribution is 6.30. The minimum Gasteiger partial charge on any atom is -0.489 e. The Labute approximate surface area is 117 Å². The fraction of sp³-hybridized carbons (Fsp3) is 0.200. The Balaban J connectivity index is 2.10. The van der Waals surface area contributed by atoms with Gasteiger partial charge in [-0.15, -0.1) is 0 Å². The summed E-state index contributed by atoms with van der Waals surface area (Å²) >= 11 is 5.87. The summed E-state index contributed by atoms with van der Waals surface area (Å²) in [4.78, 5) is 0. The molecule has 19 heavy (non-hydrogen) atoms. The maximum atomic E-state index is 13.7. The van der Waals surface area contributed by atoms with Crippen LogP contribution < -0.4 is 10.5 Å². The van der Waals surface area contributed by atoms with Crippen molar-refractivity contribution in [2.24, 2.45) is 5.73 Å². The molecule has 2 aromatic carbocycles. The lowest BCUT2D eigenvalue weighted by atomic mass is 10.1. The van der Waals surface area contributed by atoms with E-state index in [0.29, 0.717) is 22.9 Å². The third kappa shape index (κ3) is 3.46. The highest BCUT2D eigenvalue weighted by Crippen LogP contribution is 2.23. The molecule has 2 N–H and O–H groups in total. The van der Waals surface area contributed by atoms with Crippen molar-refractivity contribution in [2.45, 2.75) is 20.1 Å². The third-order valence-electron chi connectivity index (χ3n) is 2.87. The molecular formula is C15H15ClFNO. The number of rotatable bonds is 4. The first-order valence-corrected chi connectivity index (χ1v) is 6.34. The van der Waals surface area contributed by atoms with E-state index in [9.17, 15) is 4.39 Å². The quantitative estimate of drug-likeness (QED) is 0.923. The maximum absolute atomic E-state index is 13.7. The van der Waals surface area contributed by atoms with Crippen molar-refractivity contribution in [2.75, 3.05) is 0 Å². The zero-order valence-corrected chi connectivity index (χ0v) is 11.4. The van der Waals surface area contributed by atoms with E-state index in [1.807, 2.05) is 13.0 Å². The third-order valence-corrected chi connectivity index (χ3v) is 3.11. The smallest absolute Gasteiger partial charge is 0.130 e. The number of nitrogens with two attached hydrogens (primary N) is 1. The molecule has 0 aliphatic heterocycles. The molecule has 2 aromatic rings. The van der Waals surface area contributed by atoms with Crippen molar-refractivity contribution < 1.29 is 9.13 Å². The average molecular weight is 280 g/mol. The minimum absolute atomic E-state index is 0.180. The van der Waals surface area contributed by atoms with Gasteiger partial charge in [0, 0.05) is 17.1 Å². The summed E-state index contributed by atoms with van der Waals surface area (Å²) in [5.41, 5.74) is 7.65. The first kappa shape index (κ1) is 13.8. The Kier molecular flexibility index (Phi) is 4.40. The van der Waals surface area contributed by atoms with Gasteiger partial charge in [-0.2, -0.15) is 0 Å². The second-order valence-electron chi connectivity index (χ2n) is 4.33. The molecule has 0 aliphatic carbocycles. The lowest BCUT2D eigenvalue weighted by Gasteiger charge is -2.10. The molecular weight excluding hydrogens is 265 g/mol. The Morgan fingerprint density at radius 1 is 1.21 bits per heavy atom. The molecule has 0 radical (unpaired) electrons. The van der Waals surface area contributed by atoms with Crippen molar-refractivity contribution in [1.82, 2.24) is 0 Å². The van der Waals surface area contributed by atoms with E-state index in [1.165, 1.54) is 6.07 Å². The van der Waals surface area contributed by atoms with Gasteiger partial charge in [0.25, 0.3) is 0 Å². The molecule has 2 nitrogen and oxygen atoms in total. The Hall–Kier alpha value is -1.58. The van der Waals surface area contributed by atoms with Gasteiger partial charge < -0.3 is 10.5 Å². The number of ether oxygens (including phenoxy) is 1. The van der Waals surface area contributed by atoms with E-state index in [2.05, 4.69) is 0 Å². The van der Waals surface area contributed by atoms with Gasteiger partial charge in [-0.3, -0.25) is 0 Å². The van der Waals surface area contributed by atoms with Gasteiger partial charge in [-0.1, -0.05) is 23.7 Å². The van der Waals surface area contributed by atoms with Crippen molar-refractivity contribution in [3.63, 3.8) is 0 Å². The van der Waals surface area contributed by atoms with Crippen molar-refractivity contribution >= 4 is 11.6 Å². The van der Waals surface area contributed by atoms with E-state index in [-0.39, 0.29) is 12.4 Å². The molecule has 0 heterocycles. The summed E-state index contributed by atoms with van der Waals surface area (Å²) in [5, 5.41) is 0.656. The lowest BCUT2D eigenvalue weighted by molar-refractivity contribution is 0.298. The highest BCUT2D eigenvalue weighted by Gasteiger charge is 2.06. The van der Waals surface area contributed by atoms with Crippen LogP contribution in [0.2, 0.25) is 5.02 Å². The Bertz CT molecular complexity index is 586. The number of hydrogen-bond acceptors (Lipinski definition) is 2. The first-order chi connectivity index (χ1) is 9.10. The second kappa shape index (κ2) is 6.04. The first-order valence-electron chi connectivity index (χ1n) is 5.96. The summed E-state index contributed by atoms with van der Waals surface area (Å²) in [6.07, 6.45) is 0. The fourth-order valence-electron chi connectivity index (χ4n) is 1.77. The van der Waals surface area contributed by atoms with Crippen LogP contribution in [0.25, 0.3) is 0 Å². The van der Waals surface area contributed by atoms with Crippen LogP contribution in [0.3, 0.4) is 0 Å². The predicted molar refractivity (Wildman–Crippen MR) is 74.8 cm³/mol. The molecule has 0 saturated heterocycles. The molecule has 0 unspecified atom stereocenters. The zero-order valence-electron chi connectivity index (χ0n) is 10.6. The van der Waals surface area contributed by atoms with Crippen LogP contribution in [0.1, 0.15) is 16.7 Å². The minimum atomic E-state index is -0.297. The lowest BCUT2D eigenvalue weighted by Crippen LogP contribution is -2.02. The molecule has 2 rings (SSSR count). The summed E-state index contributed by atoms with van der Waals surface area (Å²) < 4.78 is 19.4. The van der Waals surface area contributed by atoms with Gasteiger partial charge in [-0.05, 0) is 42.3 Å². The van der Waals surface area contributed by atoms with E-state index >= 15 is 0 Å². The van der Waals surface area contributed by atoms with Crippen LogP contribution in [0.5, 0.6) is 5.75 Å². The van der Waals surface area contributed by atoms with Gasteiger partial charge in [-0.25, -0.2) is 4.39 Å². The van der Waals surface area contributed by atoms with E-state index < -0.39 is 0 Å². The molecule has 0 fully saturated rings. The number of halogens is 2. The molecule has 0 amide bonds. The normalized spacial score (nSPS) is 10.5. The van der Waals surface area contributed by atoms with Crippen LogP contribution >= 0.6 is 11.6 Å². The molecule has 0 bridgehead atoms. The predicted octanol–water partition coefficient (Wildman–Crippen LogP) is 3.83. The summed E-state index contributed by atoms with van der Waals surface area (Å²) in [6, 6.07) is 10.3. The molecule has 0 aliphatic rings. The maximum Gasteiger partial charge on any atom is 0.130 e. The number of benzene rings is 2. The van der Waals surface area contributed by atoms with E-state index in [1.54, 1.807) is 24.3 Å². The molecule has 100 valence electrons. The van der Waals surface area contributed by atoms with Crippen LogP contribution in [0.15, 0.2) is 36.4 Å². The van der Waals surface area contributed by atoms with Gasteiger partial charge in [0.1, 0.15) is 18.2 Å². The van der Waals surface area contributed by atoms with Crippen LogP contribution in [0, 0.1) is 12.7 Å². The topological polar surface area (TPSA) is 35.2 Å². The fourth-order valence-corrected chi connectivity index (χ4v) is 1.99. The van der Waals surface area contributed by atoms with Gasteiger partial charge in [0.05, 0.1) is 0 Å². The standard InChI is InChI=1S/C15H15ClFNO/c1-10-6-13(16)4-5-15(10)19-9-12-3-2-11(8-18)7-14(12)17/h2-7H,8-9,18H2,1H3. The molecule has 4 heteroatoms. The van der Waals surface area contributed by atoms with Crippen molar-refractivity contribution in [3.8, 4) is 5.75 Å². The van der Waals surface area contributed by atoms with Crippen LogP contribution in [-0.4, -0.2) is 0 Å². The molecule has 0 spiro atoms. The number of aryl methyl sites for hydroxylation is 1. The molecule has 0 atom stereocenters. The van der Waals surface area contributed by atoms with Gasteiger partial charge in [0.15, 0.2) is 0 Å². The van der Waals surface area contributed by atoms with Gasteiger partial charge >= 0.3 is 0 Å². The van der Waals surface area contributed by atoms with Gasteiger partial charge in [0.2, 0.25) is 0 Å². The average Bonchev–Trinajstić information content (AvgIpc) is 2.39. The Morgan fingerprint density at radius 3 is 2.63 bits per heavy atom.